The third-order valence-electron chi connectivity index (χ3n) is 4.84. The van der Waals surface area contributed by atoms with Gasteiger partial charge in [-0.15, -0.1) is 0 Å². The molecule has 0 aliphatic rings. The van der Waals surface area contributed by atoms with E-state index in [1.807, 2.05) is 48.5 Å². The fourth-order valence-electron chi connectivity index (χ4n) is 3.38. The predicted octanol–water partition coefficient (Wildman–Crippen LogP) is 6.22. The van der Waals surface area contributed by atoms with Gasteiger partial charge in [0.1, 0.15) is 17.3 Å². The van der Waals surface area contributed by atoms with Crippen LogP contribution < -0.4 is 9.47 Å². The highest BCUT2D eigenvalue weighted by atomic mass is 35.5. The molecule has 1 heterocycles. The van der Waals surface area contributed by atoms with Gasteiger partial charge in [0, 0.05) is 17.1 Å². The lowest BCUT2D eigenvalue weighted by molar-refractivity contribution is 0.303. The van der Waals surface area contributed by atoms with Crippen molar-refractivity contribution in [1.82, 2.24) is 9.55 Å². The topological polar surface area (TPSA) is 36.3 Å². The Balaban J connectivity index is 1.48. The van der Waals surface area contributed by atoms with Crippen LogP contribution in [-0.2, 0) is 6.54 Å². The van der Waals surface area contributed by atoms with Crippen molar-refractivity contribution in [1.29, 1.82) is 0 Å². The number of nitrogens with zero attached hydrogens (tertiary/aromatic N) is 2. The number of fused-ring (bicyclic) bond motifs is 1. The highest BCUT2D eigenvalue weighted by Crippen LogP contribution is 2.28. The van der Waals surface area contributed by atoms with Gasteiger partial charge in [0.15, 0.2) is 0 Å². The van der Waals surface area contributed by atoms with E-state index in [4.69, 9.17) is 26.1 Å². The van der Waals surface area contributed by atoms with Gasteiger partial charge in [-0.2, -0.15) is 0 Å². The van der Waals surface area contributed by atoms with Crippen LogP contribution in [0.2, 0.25) is 5.02 Å². The van der Waals surface area contributed by atoms with E-state index in [0.717, 1.165) is 58.3 Å². The summed E-state index contributed by atoms with van der Waals surface area (Å²) in [5, 5.41) is 0.717. The Hall–Kier alpha value is -2.98. The second kappa shape index (κ2) is 9.01. The summed E-state index contributed by atoms with van der Waals surface area (Å²) in [7, 11) is 1.68. The first-order valence-corrected chi connectivity index (χ1v) is 10.1. The van der Waals surface area contributed by atoms with Crippen molar-refractivity contribution in [2.75, 3.05) is 13.7 Å². The molecule has 4 rings (SSSR count). The first-order chi connectivity index (χ1) is 14.2. The first kappa shape index (κ1) is 19.3. The van der Waals surface area contributed by atoms with E-state index in [1.165, 1.54) is 0 Å². The maximum atomic E-state index is 5.91. The molecule has 0 atom stereocenters. The lowest BCUT2D eigenvalue weighted by Gasteiger charge is -2.11. The number of methoxy groups -OCH3 is 1. The summed E-state index contributed by atoms with van der Waals surface area (Å²) in [6.07, 6.45) is 1.94. The van der Waals surface area contributed by atoms with E-state index < -0.39 is 0 Å². The van der Waals surface area contributed by atoms with Crippen molar-refractivity contribution in [3.8, 4) is 22.9 Å². The van der Waals surface area contributed by atoms with Crippen LogP contribution in [0.5, 0.6) is 11.5 Å². The van der Waals surface area contributed by atoms with Gasteiger partial charge in [-0.05, 0) is 61.4 Å². The maximum Gasteiger partial charge on any atom is 0.141 e. The fraction of sp³-hybridized carbons (Fsp3) is 0.208. The zero-order valence-electron chi connectivity index (χ0n) is 16.3. The molecule has 0 fully saturated rings. The van der Waals surface area contributed by atoms with Gasteiger partial charge in [-0.1, -0.05) is 35.9 Å². The number of aromatic nitrogens is 2. The van der Waals surface area contributed by atoms with Crippen molar-refractivity contribution in [2.24, 2.45) is 0 Å². The standard InChI is InChI=1S/C24H23ClN2O2/c1-28-21-8-6-7-18(17-21)24-26-22-9-2-3-10-23(22)27(24)15-4-5-16-29-20-13-11-19(25)12-14-20/h2-3,6-14,17H,4-5,15-16H2,1H3. The minimum Gasteiger partial charge on any atom is -0.497 e. The highest BCUT2D eigenvalue weighted by Gasteiger charge is 2.12. The number of para-hydroxylation sites is 2. The predicted molar refractivity (Wildman–Crippen MR) is 118 cm³/mol. The summed E-state index contributed by atoms with van der Waals surface area (Å²) in [6.45, 7) is 1.54. The number of ether oxygens (including phenoxy) is 2. The van der Waals surface area contributed by atoms with E-state index >= 15 is 0 Å². The normalized spacial score (nSPS) is 11.0. The second-order valence-electron chi connectivity index (χ2n) is 6.82. The van der Waals surface area contributed by atoms with E-state index in [0.29, 0.717) is 6.61 Å². The second-order valence-corrected chi connectivity index (χ2v) is 7.25. The molecule has 0 N–H and O–H groups in total. The van der Waals surface area contributed by atoms with Crippen molar-refractivity contribution in [3.05, 3.63) is 77.8 Å². The molecule has 4 nitrogen and oxygen atoms in total. The van der Waals surface area contributed by atoms with Gasteiger partial charge in [-0.25, -0.2) is 4.98 Å². The molecular formula is C24H23ClN2O2. The molecule has 0 spiro atoms. The summed E-state index contributed by atoms with van der Waals surface area (Å²) in [6, 6.07) is 23.8. The van der Waals surface area contributed by atoms with Crippen molar-refractivity contribution >= 4 is 22.6 Å². The molecule has 0 bridgehead atoms. The SMILES string of the molecule is COc1cccc(-c2nc3ccccc3n2CCCCOc2ccc(Cl)cc2)c1. The molecule has 1 aromatic heterocycles. The van der Waals surface area contributed by atoms with Crippen molar-refractivity contribution in [2.45, 2.75) is 19.4 Å². The van der Waals surface area contributed by atoms with E-state index in [-0.39, 0.29) is 0 Å². The highest BCUT2D eigenvalue weighted by molar-refractivity contribution is 6.30. The van der Waals surface area contributed by atoms with E-state index in [9.17, 15) is 0 Å². The monoisotopic (exact) mass is 406 g/mol. The third-order valence-corrected chi connectivity index (χ3v) is 5.09. The Morgan fingerprint density at radius 3 is 2.55 bits per heavy atom. The molecule has 29 heavy (non-hydrogen) atoms. The molecule has 4 aromatic rings. The average Bonchev–Trinajstić information content (AvgIpc) is 3.13. The fourth-order valence-corrected chi connectivity index (χ4v) is 3.50. The molecule has 0 unspecified atom stereocenters. The van der Waals surface area contributed by atoms with Crippen LogP contribution in [0.4, 0.5) is 0 Å². The number of aryl methyl sites for hydroxylation is 1. The van der Waals surface area contributed by atoms with Crippen LogP contribution in [0, 0.1) is 0 Å². The first-order valence-electron chi connectivity index (χ1n) is 9.72. The number of hydrogen-bond donors (Lipinski definition) is 0. The van der Waals surface area contributed by atoms with Crippen molar-refractivity contribution < 1.29 is 9.47 Å². The van der Waals surface area contributed by atoms with Crippen LogP contribution in [-0.4, -0.2) is 23.3 Å². The number of benzene rings is 3. The molecule has 0 aliphatic carbocycles. The number of halogens is 1. The van der Waals surface area contributed by atoms with Gasteiger partial charge in [0.05, 0.1) is 24.8 Å². The molecule has 0 saturated heterocycles. The summed E-state index contributed by atoms with van der Waals surface area (Å²) in [5.41, 5.74) is 3.20. The summed E-state index contributed by atoms with van der Waals surface area (Å²) < 4.78 is 13.5. The maximum absolute atomic E-state index is 5.91. The molecule has 0 radical (unpaired) electrons. The summed E-state index contributed by atoms with van der Waals surface area (Å²) in [5.74, 6) is 2.64. The number of hydrogen-bond acceptors (Lipinski definition) is 3. The quantitative estimate of drug-likeness (QED) is 0.326. The largest absolute Gasteiger partial charge is 0.497 e. The van der Waals surface area contributed by atoms with Crippen LogP contribution in [0.1, 0.15) is 12.8 Å². The minimum absolute atomic E-state index is 0.669. The Morgan fingerprint density at radius 1 is 0.897 bits per heavy atom. The zero-order chi connectivity index (χ0) is 20.1. The van der Waals surface area contributed by atoms with Gasteiger partial charge in [0.2, 0.25) is 0 Å². The van der Waals surface area contributed by atoms with Crippen LogP contribution in [0.3, 0.4) is 0 Å². The lowest BCUT2D eigenvalue weighted by atomic mass is 10.2. The minimum atomic E-state index is 0.669. The van der Waals surface area contributed by atoms with Gasteiger partial charge in [-0.3, -0.25) is 0 Å². The molecule has 0 saturated carbocycles. The van der Waals surface area contributed by atoms with Gasteiger partial charge >= 0.3 is 0 Å². The Morgan fingerprint density at radius 2 is 1.72 bits per heavy atom. The van der Waals surface area contributed by atoms with Gasteiger partial charge < -0.3 is 14.0 Å². The van der Waals surface area contributed by atoms with E-state index in [2.05, 4.69) is 28.8 Å². The number of imidazole rings is 1. The Kier molecular flexibility index (Phi) is 6.01. The summed E-state index contributed by atoms with van der Waals surface area (Å²) >= 11 is 5.91. The van der Waals surface area contributed by atoms with Crippen LogP contribution in [0.15, 0.2) is 72.8 Å². The van der Waals surface area contributed by atoms with Gasteiger partial charge in [0.25, 0.3) is 0 Å². The average molecular weight is 407 g/mol. The molecular weight excluding hydrogens is 384 g/mol. The number of unbranched alkanes of at least 4 members (excludes halogenated alkanes) is 1. The molecule has 0 aliphatic heterocycles. The van der Waals surface area contributed by atoms with E-state index in [1.54, 1.807) is 7.11 Å². The molecule has 3 aromatic carbocycles. The van der Waals surface area contributed by atoms with Crippen LogP contribution in [0.25, 0.3) is 22.4 Å². The Bertz CT molecular complexity index is 1090. The molecule has 148 valence electrons. The smallest absolute Gasteiger partial charge is 0.141 e. The lowest BCUT2D eigenvalue weighted by Crippen LogP contribution is -2.04. The third kappa shape index (κ3) is 4.54. The number of rotatable bonds is 8. The van der Waals surface area contributed by atoms with Crippen molar-refractivity contribution in [3.63, 3.8) is 0 Å². The zero-order valence-corrected chi connectivity index (χ0v) is 17.1. The molecule has 5 heteroatoms. The molecule has 0 amide bonds. The van der Waals surface area contributed by atoms with Crippen LogP contribution >= 0.6 is 11.6 Å². The Labute approximate surface area is 175 Å². The summed E-state index contributed by atoms with van der Waals surface area (Å²) in [4.78, 5) is 4.88.